The normalized spacial score (nSPS) is 13.2. The highest BCUT2D eigenvalue weighted by Crippen LogP contribution is 1.85. The van der Waals surface area contributed by atoms with Crippen molar-refractivity contribution in [2.45, 2.75) is 13.0 Å². The first kappa shape index (κ1) is 15.1. The Balaban J connectivity index is 0. The minimum Gasteiger partial charge on any atom is -0.460 e. The second kappa shape index (κ2) is 9.66. The van der Waals surface area contributed by atoms with Gasteiger partial charge in [-0.15, -0.1) is 0 Å². The molecular weight excluding hydrogens is 220 g/mol. The van der Waals surface area contributed by atoms with E-state index in [1.165, 1.54) is 13.0 Å². The number of esters is 1. The van der Waals surface area contributed by atoms with Crippen LogP contribution in [0.3, 0.4) is 0 Å². The number of aliphatic hydroxyl groups excluding tert-OH is 1. The summed E-state index contributed by atoms with van der Waals surface area (Å²) >= 11 is 0. The van der Waals surface area contributed by atoms with E-state index < -0.39 is 22.4 Å². The van der Waals surface area contributed by atoms with Gasteiger partial charge in [-0.1, -0.05) is 12.7 Å². The summed E-state index contributed by atoms with van der Waals surface area (Å²) in [6.45, 7) is 4.84. The van der Waals surface area contributed by atoms with Crippen LogP contribution in [0.1, 0.15) is 6.92 Å². The van der Waals surface area contributed by atoms with Gasteiger partial charge in [-0.2, -0.15) is 0 Å². The Kier molecular flexibility index (Phi) is 11.2. The third-order valence-electron chi connectivity index (χ3n) is 0.685. The van der Waals surface area contributed by atoms with Crippen molar-refractivity contribution in [1.29, 1.82) is 0 Å². The molecule has 0 heterocycles. The fourth-order valence-electron chi connectivity index (χ4n) is 0.262. The van der Waals surface area contributed by atoms with Crippen molar-refractivity contribution in [3.63, 3.8) is 0 Å². The molecule has 0 fully saturated rings. The van der Waals surface area contributed by atoms with Gasteiger partial charge in [0.2, 0.25) is 0 Å². The molecule has 0 aliphatic rings. The van der Waals surface area contributed by atoms with Crippen molar-refractivity contribution >= 4 is 26.9 Å². The molecular formula is C6H11ClO5S. The van der Waals surface area contributed by atoms with Crippen LogP contribution in [0.5, 0.6) is 0 Å². The van der Waals surface area contributed by atoms with Crippen molar-refractivity contribution in [2.75, 3.05) is 6.61 Å². The highest BCUT2D eigenvalue weighted by atomic mass is 35.7. The summed E-state index contributed by atoms with van der Waals surface area (Å²) in [6, 6.07) is 0. The molecule has 0 saturated carbocycles. The summed E-state index contributed by atoms with van der Waals surface area (Å²) < 4.78 is 20.6. The molecule has 2 atom stereocenters. The Morgan fingerprint density at radius 2 is 2.23 bits per heavy atom. The number of ether oxygens (including phenoxy) is 1. The highest BCUT2D eigenvalue weighted by molar-refractivity contribution is 8.03. The number of aliphatic hydroxyl groups is 1. The van der Waals surface area contributed by atoms with E-state index in [0.717, 1.165) is 0 Å². The summed E-state index contributed by atoms with van der Waals surface area (Å²) in [5.74, 6) is -0.616. The Bertz CT molecular complexity index is 178. The SMILES string of the molecule is C=CCOC(=O)C(C)O.O=S(O)Cl. The fourth-order valence-corrected chi connectivity index (χ4v) is 0.262. The van der Waals surface area contributed by atoms with Crippen molar-refractivity contribution in [3.05, 3.63) is 12.7 Å². The lowest BCUT2D eigenvalue weighted by Crippen LogP contribution is -2.19. The average molecular weight is 231 g/mol. The molecule has 0 spiro atoms. The van der Waals surface area contributed by atoms with Crippen molar-refractivity contribution in [3.8, 4) is 0 Å². The van der Waals surface area contributed by atoms with Crippen molar-refractivity contribution < 1.29 is 23.4 Å². The smallest absolute Gasteiger partial charge is 0.334 e. The Labute approximate surface area is 83.1 Å². The largest absolute Gasteiger partial charge is 0.460 e. The van der Waals surface area contributed by atoms with Gasteiger partial charge < -0.3 is 9.84 Å². The summed E-state index contributed by atoms with van der Waals surface area (Å²) in [5, 5.41) is 8.54. The van der Waals surface area contributed by atoms with Crippen molar-refractivity contribution in [2.24, 2.45) is 0 Å². The van der Waals surface area contributed by atoms with E-state index in [0.29, 0.717) is 0 Å². The molecule has 0 saturated heterocycles. The zero-order valence-corrected chi connectivity index (χ0v) is 8.55. The van der Waals surface area contributed by atoms with Crippen LogP contribution < -0.4 is 0 Å². The van der Waals surface area contributed by atoms with E-state index in [2.05, 4.69) is 22.0 Å². The predicted octanol–water partition coefficient (Wildman–Crippen LogP) is 0.458. The van der Waals surface area contributed by atoms with Gasteiger partial charge in [0.05, 0.1) is 0 Å². The molecule has 2 unspecified atom stereocenters. The van der Waals surface area contributed by atoms with E-state index >= 15 is 0 Å². The molecule has 0 amide bonds. The predicted molar refractivity (Wildman–Crippen MR) is 49.5 cm³/mol. The molecule has 78 valence electrons. The van der Waals surface area contributed by atoms with Gasteiger partial charge in [0.15, 0.2) is 0 Å². The first-order valence-corrected chi connectivity index (χ1v) is 5.07. The molecule has 5 nitrogen and oxygen atoms in total. The van der Waals surface area contributed by atoms with Crippen LogP contribution in [0.4, 0.5) is 0 Å². The third kappa shape index (κ3) is 18.5. The minimum absolute atomic E-state index is 0.156. The van der Waals surface area contributed by atoms with E-state index in [4.69, 9.17) is 13.9 Å². The number of hydrogen-bond donors (Lipinski definition) is 2. The molecule has 0 radical (unpaired) electrons. The molecule has 13 heavy (non-hydrogen) atoms. The van der Waals surface area contributed by atoms with Crippen LogP contribution in [-0.2, 0) is 19.8 Å². The highest BCUT2D eigenvalue weighted by Gasteiger charge is 2.07. The number of carbonyl (C=O) groups excluding carboxylic acids is 1. The molecule has 2 N–H and O–H groups in total. The van der Waals surface area contributed by atoms with Gasteiger partial charge in [0, 0.05) is 10.7 Å². The maximum Gasteiger partial charge on any atom is 0.334 e. The second-order valence-corrected chi connectivity index (χ2v) is 3.01. The van der Waals surface area contributed by atoms with Gasteiger partial charge in [-0.3, -0.25) is 4.55 Å². The van der Waals surface area contributed by atoms with Crippen LogP contribution in [0.2, 0.25) is 0 Å². The zero-order chi connectivity index (χ0) is 10.9. The van der Waals surface area contributed by atoms with Crippen LogP contribution in [0.15, 0.2) is 12.7 Å². The monoisotopic (exact) mass is 230 g/mol. The van der Waals surface area contributed by atoms with Crippen LogP contribution in [0, 0.1) is 0 Å². The lowest BCUT2D eigenvalue weighted by molar-refractivity contribution is -0.151. The van der Waals surface area contributed by atoms with Gasteiger partial charge in [0.25, 0.3) is 10.3 Å². The first-order chi connectivity index (χ1) is 5.91. The molecule has 0 rings (SSSR count). The molecule has 7 heteroatoms. The molecule has 0 aliphatic carbocycles. The van der Waals surface area contributed by atoms with Gasteiger partial charge in [0.1, 0.15) is 12.7 Å². The maximum atomic E-state index is 10.4. The average Bonchev–Trinajstić information content (AvgIpc) is 1.98. The second-order valence-electron chi connectivity index (χ2n) is 1.80. The van der Waals surface area contributed by atoms with Crippen LogP contribution >= 0.6 is 10.7 Å². The summed E-state index contributed by atoms with van der Waals surface area (Å²) in [6.07, 6.45) is 0.408. The zero-order valence-electron chi connectivity index (χ0n) is 6.97. The number of halogens is 1. The molecule has 0 aromatic heterocycles. The Hall–Kier alpha value is -0.430. The van der Waals surface area contributed by atoms with Crippen LogP contribution in [-0.4, -0.2) is 32.5 Å². The molecule has 0 bridgehead atoms. The number of carbonyl (C=O) groups is 1. The van der Waals surface area contributed by atoms with Gasteiger partial charge in [-0.25, -0.2) is 9.00 Å². The van der Waals surface area contributed by atoms with E-state index in [1.807, 2.05) is 0 Å². The van der Waals surface area contributed by atoms with Gasteiger partial charge >= 0.3 is 5.97 Å². The Morgan fingerprint density at radius 3 is 2.46 bits per heavy atom. The number of rotatable bonds is 3. The maximum absolute atomic E-state index is 10.4. The third-order valence-corrected chi connectivity index (χ3v) is 0.685. The van der Waals surface area contributed by atoms with Gasteiger partial charge in [-0.05, 0) is 6.92 Å². The van der Waals surface area contributed by atoms with E-state index in [9.17, 15) is 4.79 Å². The summed E-state index contributed by atoms with van der Waals surface area (Å²) in [7, 11) is 2.16. The summed E-state index contributed by atoms with van der Waals surface area (Å²) in [5.41, 5.74) is 0. The standard InChI is InChI=1S/C6H10O3.ClHO2S/c1-3-4-9-6(8)5(2)7;1-4(2)3/h3,5,7H,1,4H2,2H3;(H,2,3). The molecule has 0 aromatic rings. The quantitative estimate of drug-likeness (QED) is 0.319. The summed E-state index contributed by atoms with van der Waals surface area (Å²) in [4.78, 5) is 10.4. The fraction of sp³-hybridized carbons (Fsp3) is 0.500. The lowest BCUT2D eigenvalue weighted by Gasteiger charge is -2.01. The lowest BCUT2D eigenvalue weighted by atomic mass is 10.4. The topological polar surface area (TPSA) is 83.8 Å². The van der Waals surface area contributed by atoms with E-state index in [1.54, 1.807) is 0 Å². The van der Waals surface area contributed by atoms with Crippen LogP contribution in [0.25, 0.3) is 0 Å². The number of hydrogen-bond acceptors (Lipinski definition) is 4. The molecule has 0 aliphatic heterocycles. The van der Waals surface area contributed by atoms with Crippen molar-refractivity contribution in [1.82, 2.24) is 0 Å². The minimum atomic E-state index is -2.14. The molecule has 0 aromatic carbocycles. The first-order valence-electron chi connectivity index (χ1n) is 3.14. The van der Waals surface area contributed by atoms with E-state index in [-0.39, 0.29) is 6.61 Å². The Morgan fingerprint density at radius 1 is 1.85 bits per heavy atom.